The van der Waals surface area contributed by atoms with Gasteiger partial charge in [0.05, 0.1) is 10.7 Å². The number of rotatable bonds is 5. The quantitative estimate of drug-likeness (QED) is 0.265. The van der Waals surface area contributed by atoms with Gasteiger partial charge in [-0.05, 0) is 6.07 Å². The van der Waals surface area contributed by atoms with Gasteiger partial charge in [0.15, 0.2) is 5.65 Å². The van der Waals surface area contributed by atoms with Gasteiger partial charge >= 0.3 is 5.69 Å². The van der Waals surface area contributed by atoms with Gasteiger partial charge in [-0.1, -0.05) is 38.6 Å². The average molecular weight is 459 g/mol. The highest BCUT2D eigenvalue weighted by atomic mass is 32.2. The zero-order valence-corrected chi connectivity index (χ0v) is 19.0. The summed E-state index contributed by atoms with van der Waals surface area (Å²) in [4.78, 5) is 57.0. The van der Waals surface area contributed by atoms with Crippen LogP contribution in [0.4, 0.5) is 11.4 Å². The summed E-state index contributed by atoms with van der Waals surface area (Å²) in [6.07, 6.45) is 0. The van der Waals surface area contributed by atoms with Crippen molar-refractivity contribution in [2.24, 2.45) is 14.1 Å². The number of carbonyl (C=O) groups is 1. The van der Waals surface area contributed by atoms with Crippen molar-refractivity contribution < 1.29 is 9.72 Å². The largest absolute Gasteiger partial charge is 0.332 e. The number of aryl methyl sites for hydroxylation is 1. The maximum atomic E-state index is 12.8. The Bertz CT molecular complexity index is 1360. The summed E-state index contributed by atoms with van der Waals surface area (Å²) < 4.78 is 2.25. The van der Waals surface area contributed by atoms with E-state index < -0.39 is 27.5 Å². The maximum absolute atomic E-state index is 12.8. The molecule has 11 nitrogen and oxygen atoms in total. The summed E-state index contributed by atoms with van der Waals surface area (Å²) in [5, 5.41) is 13.9. The average Bonchev–Trinajstić information content (AvgIpc) is 2.73. The minimum atomic E-state index is -0.551. The number of aromatic nitrogens is 4. The number of hydrogen-bond acceptors (Lipinski definition) is 8. The van der Waals surface area contributed by atoms with Gasteiger partial charge in [-0.25, -0.2) is 14.8 Å². The molecule has 0 fully saturated rings. The van der Waals surface area contributed by atoms with Crippen LogP contribution >= 0.6 is 11.8 Å². The number of nitro groups is 1. The van der Waals surface area contributed by atoms with Crippen LogP contribution in [0.2, 0.25) is 0 Å². The topological polar surface area (TPSA) is 142 Å². The molecule has 1 aromatic carbocycles. The fourth-order valence-electron chi connectivity index (χ4n) is 2.90. The van der Waals surface area contributed by atoms with Crippen molar-refractivity contribution in [2.45, 2.75) is 31.2 Å². The Balaban J connectivity index is 1.98. The van der Waals surface area contributed by atoms with Gasteiger partial charge in [0.1, 0.15) is 16.2 Å². The first kappa shape index (κ1) is 23.1. The van der Waals surface area contributed by atoms with E-state index in [1.54, 1.807) is 6.07 Å². The zero-order chi connectivity index (χ0) is 23.8. The predicted octanol–water partition coefficient (Wildman–Crippen LogP) is 1.96. The number of thioether (sulfide) groups is 1. The van der Waals surface area contributed by atoms with Crippen LogP contribution in [-0.2, 0) is 24.3 Å². The summed E-state index contributed by atoms with van der Waals surface area (Å²) >= 11 is 1.03. The number of fused-ring (bicyclic) bond motifs is 1. The SMILES string of the molecule is Cn1c(=O)c2c(SCC(=O)Nc3cccc([N+](=O)[O-])c3)nc(C(C)(C)C)nc2n(C)c1=O. The molecule has 0 spiro atoms. The molecule has 32 heavy (non-hydrogen) atoms. The first-order valence-electron chi connectivity index (χ1n) is 9.55. The summed E-state index contributed by atoms with van der Waals surface area (Å²) in [5.74, 6) is -0.110. The number of nitrogens with zero attached hydrogens (tertiary/aromatic N) is 5. The lowest BCUT2D eigenvalue weighted by molar-refractivity contribution is -0.384. The predicted molar refractivity (Wildman–Crippen MR) is 121 cm³/mol. The molecule has 1 amide bonds. The summed E-state index contributed by atoms with van der Waals surface area (Å²) in [5.41, 5.74) is -1.20. The Morgan fingerprint density at radius 1 is 1.19 bits per heavy atom. The van der Waals surface area contributed by atoms with Crippen LogP contribution < -0.4 is 16.6 Å². The van der Waals surface area contributed by atoms with E-state index in [1.807, 2.05) is 20.8 Å². The molecular formula is C20H22N6O5S. The summed E-state index contributed by atoms with van der Waals surface area (Å²) in [6.45, 7) is 5.70. The van der Waals surface area contributed by atoms with Gasteiger partial charge in [0.2, 0.25) is 5.91 Å². The third-order valence-corrected chi connectivity index (χ3v) is 5.59. The second kappa shape index (κ2) is 8.54. The van der Waals surface area contributed by atoms with Gasteiger partial charge in [0.25, 0.3) is 11.2 Å². The van der Waals surface area contributed by atoms with Gasteiger partial charge in [0, 0.05) is 37.3 Å². The van der Waals surface area contributed by atoms with Gasteiger partial charge < -0.3 is 5.32 Å². The Morgan fingerprint density at radius 3 is 2.50 bits per heavy atom. The van der Waals surface area contributed by atoms with Crippen molar-refractivity contribution in [1.82, 2.24) is 19.1 Å². The van der Waals surface area contributed by atoms with Crippen LogP contribution in [0, 0.1) is 10.1 Å². The molecule has 0 saturated carbocycles. The highest BCUT2D eigenvalue weighted by Gasteiger charge is 2.24. The van der Waals surface area contributed by atoms with Gasteiger partial charge in [-0.3, -0.25) is 28.8 Å². The molecule has 0 atom stereocenters. The Kier molecular flexibility index (Phi) is 6.17. The number of hydrogen-bond donors (Lipinski definition) is 1. The maximum Gasteiger partial charge on any atom is 0.332 e. The van der Waals surface area contributed by atoms with Crippen molar-refractivity contribution in [3.05, 3.63) is 61.0 Å². The number of nitrogens with one attached hydrogen (secondary N) is 1. The normalized spacial score (nSPS) is 11.5. The molecule has 3 rings (SSSR count). The molecule has 168 valence electrons. The second-order valence-corrected chi connectivity index (χ2v) is 9.12. The van der Waals surface area contributed by atoms with Crippen LogP contribution in [-0.4, -0.2) is 35.7 Å². The number of carbonyl (C=O) groups excluding carboxylic acids is 1. The fraction of sp³-hybridized carbons (Fsp3) is 0.350. The highest BCUT2D eigenvalue weighted by molar-refractivity contribution is 8.00. The lowest BCUT2D eigenvalue weighted by atomic mass is 9.96. The Hall–Kier alpha value is -3.54. The lowest BCUT2D eigenvalue weighted by Crippen LogP contribution is -2.38. The third kappa shape index (κ3) is 4.54. The molecule has 12 heteroatoms. The van der Waals surface area contributed by atoms with E-state index in [2.05, 4.69) is 15.3 Å². The number of nitro benzene ring substituents is 1. The zero-order valence-electron chi connectivity index (χ0n) is 18.2. The van der Waals surface area contributed by atoms with E-state index in [4.69, 9.17) is 0 Å². The molecule has 2 aromatic heterocycles. The molecule has 0 bridgehead atoms. The summed E-state index contributed by atoms with van der Waals surface area (Å²) in [7, 11) is 2.89. The monoisotopic (exact) mass is 458 g/mol. The molecule has 0 radical (unpaired) electrons. The molecule has 3 aromatic rings. The van der Waals surface area contributed by atoms with Gasteiger partial charge in [-0.2, -0.15) is 0 Å². The molecular weight excluding hydrogens is 436 g/mol. The van der Waals surface area contributed by atoms with Crippen molar-refractivity contribution in [3.63, 3.8) is 0 Å². The van der Waals surface area contributed by atoms with Crippen LogP contribution in [0.15, 0.2) is 38.9 Å². The second-order valence-electron chi connectivity index (χ2n) is 8.15. The van der Waals surface area contributed by atoms with Crippen molar-refractivity contribution in [2.75, 3.05) is 11.1 Å². The number of amides is 1. The molecule has 0 aliphatic carbocycles. The number of benzene rings is 1. The first-order chi connectivity index (χ1) is 14.9. The van der Waals surface area contributed by atoms with Crippen molar-refractivity contribution in [3.8, 4) is 0 Å². The van der Waals surface area contributed by atoms with E-state index in [0.29, 0.717) is 5.82 Å². The van der Waals surface area contributed by atoms with E-state index in [1.165, 1.54) is 36.9 Å². The fourth-order valence-corrected chi connectivity index (χ4v) is 3.71. The van der Waals surface area contributed by atoms with E-state index in [0.717, 1.165) is 16.3 Å². The van der Waals surface area contributed by atoms with E-state index in [-0.39, 0.29) is 33.2 Å². The molecule has 1 N–H and O–H groups in total. The van der Waals surface area contributed by atoms with Gasteiger partial charge in [-0.15, -0.1) is 0 Å². The standard InChI is InChI=1S/C20H22N6O5S/c1-20(2,3)18-22-15-14(17(28)25(5)19(29)24(15)4)16(23-18)32-10-13(27)21-11-7-6-8-12(9-11)26(30)31/h6-9H,10H2,1-5H3,(H,21,27). The minimum absolute atomic E-state index is 0.107. The van der Waals surface area contributed by atoms with Crippen LogP contribution in [0.5, 0.6) is 0 Å². The van der Waals surface area contributed by atoms with Crippen molar-refractivity contribution >= 4 is 40.1 Å². The van der Waals surface area contributed by atoms with E-state index >= 15 is 0 Å². The van der Waals surface area contributed by atoms with Crippen LogP contribution in [0.3, 0.4) is 0 Å². The molecule has 0 unspecified atom stereocenters. The molecule has 0 aliphatic heterocycles. The molecule has 0 saturated heterocycles. The minimum Gasteiger partial charge on any atom is -0.325 e. The highest BCUT2D eigenvalue weighted by Crippen LogP contribution is 2.27. The van der Waals surface area contributed by atoms with Crippen LogP contribution in [0.25, 0.3) is 11.0 Å². The smallest absolute Gasteiger partial charge is 0.325 e. The first-order valence-corrected chi connectivity index (χ1v) is 10.5. The lowest BCUT2D eigenvalue weighted by Gasteiger charge is -2.19. The Morgan fingerprint density at radius 2 is 1.88 bits per heavy atom. The van der Waals surface area contributed by atoms with Crippen molar-refractivity contribution in [1.29, 1.82) is 0 Å². The van der Waals surface area contributed by atoms with E-state index in [9.17, 15) is 24.5 Å². The number of non-ortho nitro benzene ring substituents is 1. The van der Waals surface area contributed by atoms with Crippen LogP contribution in [0.1, 0.15) is 26.6 Å². The molecule has 2 heterocycles. The third-order valence-electron chi connectivity index (χ3n) is 4.62. The Labute approximate surface area is 186 Å². The number of anilines is 1. The molecule has 0 aliphatic rings. The summed E-state index contributed by atoms with van der Waals surface area (Å²) in [6, 6.07) is 5.59.